The summed E-state index contributed by atoms with van der Waals surface area (Å²) in [6, 6.07) is 4.24. The first-order chi connectivity index (χ1) is 13.5. The Labute approximate surface area is 176 Å². The van der Waals surface area contributed by atoms with E-state index in [1.807, 2.05) is 13.8 Å². The van der Waals surface area contributed by atoms with Crippen LogP contribution in [0.3, 0.4) is 0 Å². The smallest absolute Gasteiger partial charge is 0.346 e. The van der Waals surface area contributed by atoms with Gasteiger partial charge in [-0.1, -0.05) is 12.1 Å². The summed E-state index contributed by atoms with van der Waals surface area (Å²) in [6.45, 7) is 18.3. The van der Waals surface area contributed by atoms with Gasteiger partial charge >= 0.3 is 5.97 Å². The molecule has 4 nitrogen and oxygen atoms in total. The molecule has 0 spiro atoms. The predicted octanol–water partition coefficient (Wildman–Crippen LogP) is 5.79. The second-order valence-corrected chi connectivity index (χ2v) is 7.67. The lowest BCUT2D eigenvalue weighted by atomic mass is 10.00. The molecule has 160 valence electrons. The Kier molecular flexibility index (Phi) is 8.75. The van der Waals surface area contributed by atoms with Gasteiger partial charge in [0.05, 0.1) is 14.2 Å². The normalized spacial score (nSPS) is 11.3. The van der Waals surface area contributed by atoms with Crippen LogP contribution in [0.2, 0.25) is 0 Å². The van der Waals surface area contributed by atoms with E-state index < -0.39 is 6.10 Å². The van der Waals surface area contributed by atoms with Crippen LogP contribution >= 0.6 is 0 Å². The van der Waals surface area contributed by atoms with Gasteiger partial charge in [0.2, 0.25) is 0 Å². The minimum atomic E-state index is -0.584. The highest BCUT2D eigenvalue weighted by Crippen LogP contribution is 2.29. The summed E-state index contributed by atoms with van der Waals surface area (Å²) in [5.41, 5.74) is 9.71. The molecule has 0 amide bonds. The number of hydrogen-bond donors (Lipinski definition) is 0. The van der Waals surface area contributed by atoms with Gasteiger partial charge in [0.25, 0.3) is 0 Å². The Morgan fingerprint density at radius 1 is 0.690 bits per heavy atom. The number of ether oxygens (including phenoxy) is 3. The molecule has 0 heterocycles. The summed E-state index contributed by atoms with van der Waals surface area (Å²) in [7, 11) is 3.09. The molecular formula is C25H36O4. The second-order valence-electron chi connectivity index (χ2n) is 7.67. The van der Waals surface area contributed by atoms with E-state index in [0.29, 0.717) is 0 Å². The quantitative estimate of drug-likeness (QED) is 0.609. The number of benzene rings is 2. The van der Waals surface area contributed by atoms with Gasteiger partial charge in [0, 0.05) is 0 Å². The lowest BCUT2D eigenvalue weighted by Gasteiger charge is -2.19. The standard InChI is InChI=1S/C14H20O3.C11H16O/c1-8-7-9(2)13(11(4)10(8)3)17-12(5)14(15)16-6;1-7-6-8(2)11(12-5)10(4)9(7)3/h7,12H,1-6H3;6H,1-5H3. The van der Waals surface area contributed by atoms with Crippen molar-refractivity contribution in [3.05, 3.63) is 56.6 Å². The second kappa shape index (κ2) is 10.3. The highest BCUT2D eigenvalue weighted by Gasteiger charge is 2.18. The third-order valence-corrected chi connectivity index (χ3v) is 5.60. The molecule has 2 aromatic rings. The minimum absolute atomic E-state index is 0.359. The molecular weight excluding hydrogens is 364 g/mol. The zero-order valence-electron chi connectivity index (χ0n) is 19.9. The average Bonchev–Trinajstić information content (AvgIpc) is 2.67. The van der Waals surface area contributed by atoms with Gasteiger partial charge < -0.3 is 14.2 Å². The van der Waals surface area contributed by atoms with Crippen molar-refractivity contribution in [2.24, 2.45) is 0 Å². The first-order valence-corrected chi connectivity index (χ1v) is 9.89. The van der Waals surface area contributed by atoms with Gasteiger partial charge in [-0.05, 0) is 107 Å². The van der Waals surface area contributed by atoms with Gasteiger partial charge in [-0.25, -0.2) is 4.79 Å². The molecule has 0 saturated carbocycles. The monoisotopic (exact) mass is 400 g/mol. The van der Waals surface area contributed by atoms with Gasteiger partial charge in [-0.3, -0.25) is 0 Å². The Hall–Kier alpha value is -2.49. The first-order valence-electron chi connectivity index (χ1n) is 9.89. The number of esters is 1. The lowest BCUT2D eigenvalue weighted by molar-refractivity contribution is -0.147. The molecule has 0 bridgehead atoms. The molecule has 2 rings (SSSR count). The van der Waals surface area contributed by atoms with E-state index in [1.54, 1.807) is 14.0 Å². The van der Waals surface area contributed by atoms with E-state index in [4.69, 9.17) is 9.47 Å². The summed E-state index contributed by atoms with van der Waals surface area (Å²) < 4.78 is 15.7. The summed E-state index contributed by atoms with van der Waals surface area (Å²) in [5.74, 6) is 1.45. The maximum Gasteiger partial charge on any atom is 0.346 e. The highest BCUT2D eigenvalue weighted by molar-refractivity contribution is 5.74. The van der Waals surface area contributed by atoms with Crippen molar-refractivity contribution in [3.63, 3.8) is 0 Å². The molecule has 29 heavy (non-hydrogen) atoms. The number of rotatable bonds is 4. The molecule has 0 aliphatic rings. The van der Waals surface area contributed by atoms with Crippen LogP contribution in [0.5, 0.6) is 11.5 Å². The summed E-state index contributed by atoms with van der Waals surface area (Å²) in [6.07, 6.45) is -0.584. The minimum Gasteiger partial charge on any atom is -0.496 e. The number of carbonyl (C=O) groups is 1. The summed E-state index contributed by atoms with van der Waals surface area (Å²) in [4.78, 5) is 11.3. The van der Waals surface area contributed by atoms with Crippen LogP contribution in [-0.4, -0.2) is 26.3 Å². The van der Waals surface area contributed by atoms with Crippen molar-refractivity contribution >= 4 is 5.97 Å². The summed E-state index contributed by atoms with van der Waals surface area (Å²) >= 11 is 0. The first kappa shape index (κ1) is 24.5. The van der Waals surface area contributed by atoms with E-state index in [1.165, 1.54) is 40.5 Å². The zero-order chi connectivity index (χ0) is 22.5. The molecule has 0 aromatic heterocycles. The topological polar surface area (TPSA) is 44.8 Å². The van der Waals surface area contributed by atoms with Crippen LogP contribution in [0.25, 0.3) is 0 Å². The third kappa shape index (κ3) is 5.75. The highest BCUT2D eigenvalue weighted by atomic mass is 16.6. The van der Waals surface area contributed by atoms with Crippen molar-refractivity contribution < 1.29 is 19.0 Å². The largest absolute Gasteiger partial charge is 0.496 e. The van der Waals surface area contributed by atoms with Crippen molar-refractivity contribution in [2.75, 3.05) is 14.2 Å². The van der Waals surface area contributed by atoms with Crippen molar-refractivity contribution in [3.8, 4) is 11.5 Å². The molecule has 1 atom stereocenters. The number of carbonyl (C=O) groups excluding carboxylic acids is 1. The summed E-state index contributed by atoms with van der Waals surface area (Å²) in [5, 5.41) is 0. The maximum atomic E-state index is 11.3. The van der Waals surface area contributed by atoms with Crippen LogP contribution in [-0.2, 0) is 9.53 Å². The van der Waals surface area contributed by atoms with Crippen LogP contribution in [0.1, 0.15) is 51.4 Å². The molecule has 2 aromatic carbocycles. The number of methoxy groups -OCH3 is 2. The number of aryl methyl sites for hydroxylation is 4. The van der Waals surface area contributed by atoms with E-state index in [0.717, 1.165) is 22.6 Å². The van der Waals surface area contributed by atoms with E-state index >= 15 is 0 Å². The Morgan fingerprint density at radius 3 is 1.52 bits per heavy atom. The Balaban J connectivity index is 0.000000308. The fraction of sp³-hybridized carbons (Fsp3) is 0.480. The van der Waals surface area contributed by atoms with Gasteiger partial charge in [0.1, 0.15) is 11.5 Å². The van der Waals surface area contributed by atoms with Crippen LogP contribution in [0.4, 0.5) is 0 Å². The predicted molar refractivity (Wildman–Crippen MR) is 119 cm³/mol. The molecule has 0 fully saturated rings. The molecule has 0 saturated heterocycles. The van der Waals surface area contributed by atoms with E-state index in [9.17, 15) is 4.79 Å². The lowest BCUT2D eigenvalue weighted by Crippen LogP contribution is -2.25. The Bertz CT molecular complexity index is 881. The fourth-order valence-electron chi connectivity index (χ4n) is 3.41. The molecule has 0 aliphatic carbocycles. The van der Waals surface area contributed by atoms with E-state index in [-0.39, 0.29) is 5.97 Å². The van der Waals surface area contributed by atoms with Gasteiger partial charge in [-0.2, -0.15) is 0 Å². The molecule has 4 heteroatoms. The van der Waals surface area contributed by atoms with Gasteiger partial charge in [0.15, 0.2) is 6.10 Å². The average molecular weight is 401 g/mol. The molecule has 0 radical (unpaired) electrons. The van der Waals surface area contributed by atoms with Crippen molar-refractivity contribution in [1.29, 1.82) is 0 Å². The zero-order valence-corrected chi connectivity index (χ0v) is 19.9. The Morgan fingerprint density at radius 2 is 1.10 bits per heavy atom. The van der Waals surface area contributed by atoms with Crippen LogP contribution < -0.4 is 9.47 Å². The third-order valence-electron chi connectivity index (χ3n) is 5.60. The fourth-order valence-corrected chi connectivity index (χ4v) is 3.41. The molecule has 1 unspecified atom stereocenters. The van der Waals surface area contributed by atoms with Crippen molar-refractivity contribution in [2.45, 2.75) is 68.4 Å². The molecule has 0 aliphatic heterocycles. The van der Waals surface area contributed by atoms with Crippen molar-refractivity contribution in [1.82, 2.24) is 0 Å². The SMILES string of the molecule is COC(=O)C(C)Oc1c(C)cc(C)c(C)c1C.COc1c(C)cc(C)c(C)c1C. The van der Waals surface area contributed by atoms with Crippen LogP contribution in [0.15, 0.2) is 12.1 Å². The molecule has 0 N–H and O–H groups in total. The van der Waals surface area contributed by atoms with Gasteiger partial charge in [-0.15, -0.1) is 0 Å². The van der Waals surface area contributed by atoms with E-state index in [2.05, 4.69) is 58.4 Å². The van der Waals surface area contributed by atoms with Crippen LogP contribution in [0, 0.1) is 55.4 Å². The number of hydrogen-bond acceptors (Lipinski definition) is 4. The maximum absolute atomic E-state index is 11.3.